The van der Waals surface area contributed by atoms with Gasteiger partial charge in [-0.3, -0.25) is 4.79 Å². The number of carbonyl (C=O) groups excluding carboxylic acids is 1. The van der Waals surface area contributed by atoms with Crippen molar-refractivity contribution in [2.45, 2.75) is 6.61 Å². The molecule has 0 aliphatic rings. The molecule has 3 aromatic rings. The van der Waals surface area contributed by atoms with Crippen molar-refractivity contribution in [1.29, 1.82) is 0 Å². The molecule has 0 radical (unpaired) electrons. The number of carboxylic acid groups (broad SMARTS) is 1. The minimum absolute atomic E-state index is 0.263. The average molecular weight is 482 g/mol. The smallest absolute Gasteiger partial charge is 0.352 e. The van der Waals surface area contributed by atoms with Crippen LogP contribution in [0.2, 0.25) is 0 Å². The van der Waals surface area contributed by atoms with Gasteiger partial charge in [0.05, 0.1) is 11.6 Å². The summed E-state index contributed by atoms with van der Waals surface area (Å²) < 4.78 is 11.9. The third-order valence-corrected chi connectivity index (χ3v) is 4.89. The molecule has 0 aliphatic heterocycles. The van der Waals surface area contributed by atoms with Crippen molar-refractivity contribution in [2.75, 3.05) is 7.11 Å². The first-order chi connectivity index (χ1) is 15.0. The first-order valence-electron chi connectivity index (χ1n) is 9.33. The van der Waals surface area contributed by atoms with Gasteiger partial charge in [-0.25, -0.2) is 4.79 Å². The molecule has 31 heavy (non-hydrogen) atoms. The van der Waals surface area contributed by atoms with Crippen molar-refractivity contribution in [3.63, 3.8) is 0 Å². The van der Waals surface area contributed by atoms with Gasteiger partial charge in [-0.15, -0.1) is 0 Å². The van der Waals surface area contributed by atoms with Crippen molar-refractivity contribution in [1.82, 2.24) is 5.32 Å². The number of methoxy groups -OCH3 is 1. The predicted octanol–water partition coefficient (Wildman–Crippen LogP) is 4.89. The monoisotopic (exact) mass is 481 g/mol. The Morgan fingerprint density at radius 1 is 1.03 bits per heavy atom. The summed E-state index contributed by atoms with van der Waals surface area (Å²) in [6.07, 6.45) is 1.36. The highest BCUT2D eigenvalue weighted by atomic mass is 79.9. The van der Waals surface area contributed by atoms with E-state index in [1.165, 1.54) is 13.2 Å². The first-order valence-corrected chi connectivity index (χ1v) is 10.1. The first kappa shape index (κ1) is 22.1. The number of benzene rings is 3. The number of halogens is 1. The van der Waals surface area contributed by atoms with Crippen LogP contribution in [0.3, 0.4) is 0 Å². The fourth-order valence-electron chi connectivity index (χ4n) is 2.79. The molecular weight excluding hydrogens is 462 g/mol. The van der Waals surface area contributed by atoms with Crippen molar-refractivity contribution in [3.8, 4) is 11.5 Å². The predicted molar refractivity (Wildman–Crippen MR) is 121 cm³/mol. The van der Waals surface area contributed by atoms with E-state index >= 15 is 0 Å². The van der Waals surface area contributed by atoms with Crippen LogP contribution < -0.4 is 14.8 Å². The highest BCUT2D eigenvalue weighted by Crippen LogP contribution is 2.37. The molecule has 0 aliphatic carbocycles. The Morgan fingerprint density at radius 3 is 2.29 bits per heavy atom. The number of amides is 1. The van der Waals surface area contributed by atoms with Crippen molar-refractivity contribution in [2.24, 2.45) is 0 Å². The van der Waals surface area contributed by atoms with E-state index in [9.17, 15) is 14.7 Å². The Labute approximate surface area is 188 Å². The van der Waals surface area contributed by atoms with Crippen molar-refractivity contribution < 1.29 is 24.2 Å². The number of carboxylic acids is 1. The fraction of sp³-hybridized carbons (Fsp3) is 0.0833. The van der Waals surface area contributed by atoms with Crippen molar-refractivity contribution in [3.05, 3.63) is 99.7 Å². The normalized spacial score (nSPS) is 11.0. The lowest BCUT2D eigenvalue weighted by atomic mass is 10.1. The summed E-state index contributed by atoms with van der Waals surface area (Å²) in [5.74, 6) is -0.851. The van der Waals surface area contributed by atoms with Crippen LogP contribution in [0.1, 0.15) is 21.5 Å². The van der Waals surface area contributed by atoms with Gasteiger partial charge in [0.1, 0.15) is 12.3 Å². The summed E-state index contributed by atoms with van der Waals surface area (Å²) in [7, 11) is 1.50. The number of carbonyl (C=O) groups is 2. The van der Waals surface area contributed by atoms with E-state index in [1.807, 2.05) is 30.3 Å². The summed E-state index contributed by atoms with van der Waals surface area (Å²) in [6.45, 7) is 0.346. The fourth-order valence-corrected chi connectivity index (χ4v) is 3.37. The zero-order valence-corrected chi connectivity index (χ0v) is 18.3. The molecule has 0 bridgehead atoms. The highest BCUT2D eigenvalue weighted by molar-refractivity contribution is 9.10. The van der Waals surface area contributed by atoms with Crippen LogP contribution in [0.5, 0.6) is 11.5 Å². The maximum atomic E-state index is 12.3. The van der Waals surface area contributed by atoms with Gasteiger partial charge in [-0.2, -0.15) is 0 Å². The Bertz CT molecular complexity index is 1100. The lowest BCUT2D eigenvalue weighted by Gasteiger charge is -2.14. The second kappa shape index (κ2) is 10.4. The number of ether oxygens (including phenoxy) is 2. The lowest BCUT2D eigenvalue weighted by molar-refractivity contribution is -0.132. The maximum Gasteiger partial charge on any atom is 0.352 e. The molecule has 1 amide bonds. The number of hydrogen-bond donors (Lipinski definition) is 2. The third-order valence-electron chi connectivity index (χ3n) is 4.30. The summed E-state index contributed by atoms with van der Waals surface area (Å²) in [5, 5.41) is 12.0. The van der Waals surface area contributed by atoms with E-state index in [1.54, 1.807) is 42.5 Å². The lowest BCUT2D eigenvalue weighted by Crippen LogP contribution is -2.27. The van der Waals surface area contributed by atoms with E-state index in [2.05, 4.69) is 21.2 Å². The molecule has 2 N–H and O–H groups in total. The minimum Gasteiger partial charge on any atom is -0.493 e. The van der Waals surface area contributed by atoms with E-state index in [-0.39, 0.29) is 5.70 Å². The molecule has 3 rings (SSSR count). The largest absolute Gasteiger partial charge is 0.493 e. The zero-order valence-electron chi connectivity index (χ0n) is 16.7. The van der Waals surface area contributed by atoms with Gasteiger partial charge in [0.25, 0.3) is 5.91 Å². The summed E-state index contributed by atoms with van der Waals surface area (Å²) >= 11 is 3.46. The van der Waals surface area contributed by atoms with Crippen LogP contribution >= 0.6 is 15.9 Å². The maximum absolute atomic E-state index is 12.3. The Morgan fingerprint density at radius 2 is 1.68 bits per heavy atom. The number of aliphatic carboxylic acids is 1. The standard InChI is InChI=1S/C24H20BrNO5/c1-30-21-14-17(12-19(25)22(21)31-15-16-8-4-2-5-9-16)13-20(24(28)29)26-23(27)18-10-6-3-7-11-18/h2-14H,15H2,1H3,(H,26,27)(H,28,29)/b20-13+. The van der Waals surface area contributed by atoms with E-state index in [0.29, 0.717) is 33.7 Å². The molecule has 0 fully saturated rings. The van der Waals surface area contributed by atoms with Gasteiger partial charge in [0, 0.05) is 5.56 Å². The topological polar surface area (TPSA) is 84.9 Å². The highest BCUT2D eigenvalue weighted by Gasteiger charge is 2.16. The summed E-state index contributed by atoms with van der Waals surface area (Å²) in [6, 6.07) is 21.4. The number of hydrogen-bond acceptors (Lipinski definition) is 4. The second-order valence-corrected chi connectivity index (χ2v) is 7.35. The summed E-state index contributed by atoms with van der Waals surface area (Å²) in [4.78, 5) is 24.0. The van der Waals surface area contributed by atoms with E-state index in [0.717, 1.165) is 5.56 Å². The van der Waals surface area contributed by atoms with Crippen LogP contribution in [0.15, 0.2) is 83.0 Å². The van der Waals surface area contributed by atoms with E-state index in [4.69, 9.17) is 9.47 Å². The second-order valence-electron chi connectivity index (χ2n) is 6.49. The molecule has 3 aromatic carbocycles. The third kappa shape index (κ3) is 5.96. The van der Waals surface area contributed by atoms with Gasteiger partial charge < -0.3 is 19.9 Å². The number of rotatable bonds is 8. The molecule has 7 heteroatoms. The molecule has 6 nitrogen and oxygen atoms in total. The molecule has 0 saturated carbocycles. The zero-order chi connectivity index (χ0) is 22.2. The van der Waals surface area contributed by atoms with Gasteiger partial charge in [0.2, 0.25) is 0 Å². The molecule has 0 aromatic heterocycles. The van der Waals surface area contributed by atoms with E-state index < -0.39 is 11.9 Å². The van der Waals surface area contributed by atoms with Gasteiger partial charge in [-0.1, -0.05) is 48.5 Å². The Kier molecular flexibility index (Phi) is 7.45. The van der Waals surface area contributed by atoms with Crippen LogP contribution in [-0.2, 0) is 11.4 Å². The molecule has 0 saturated heterocycles. The molecule has 0 spiro atoms. The Balaban J connectivity index is 1.84. The summed E-state index contributed by atoms with van der Waals surface area (Å²) in [5.41, 5.74) is 1.61. The van der Waals surface area contributed by atoms with Crippen LogP contribution in [0.25, 0.3) is 6.08 Å². The number of nitrogens with one attached hydrogen (secondary N) is 1. The van der Waals surface area contributed by atoms with Crippen LogP contribution in [-0.4, -0.2) is 24.1 Å². The van der Waals surface area contributed by atoms with Gasteiger partial charge in [-0.05, 0) is 57.4 Å². The van der Waals surface area contributed by atoms with Crippen molar-refractivity contribution >= 4 is 33.9 Å². The molecule has 0 unspecified atom stereocenters. The average Bonchev–Trinajstić information content (AvgIpc) is 2.78. The van der Waals surface area contributed by atoms with Crippen LogP contribution in [0, 0.1) is 0 Å². The molecule has 158 valence electrons. The SMILES string of the molecule is COc1cc(/C=C(/NC(=O)c2ccccc2)C(=O)O)cc(Br)c1OCc1ccccc1. The van der Waals surface area contributed by atoms with Gasteiger partial charge >= 0.3 is 5.97 Å². The van der Waals surface area contributed by atoms with Crippen LogP contribution in [0.4, 0.5) is 0 Å². The Hall–Kier alpha value is -3.58. The van der Waals surface area contributed by atoms with Gasteiger partial charge in [0.15, 0.2) is 11.5 Å². The quantitative estimate of drug-likeness (QED) is 0.447. The molecule has 0 atom stereocenters. The minimum atomic E-state index is -1.26. The molecular formula is C24H20BrNO5. The molecule has 0 heterocycles.